The Morgan fingerprint density at radius 3 is 2.58 bits per heavy atom. The van der Waals surface area contributed by atoms with E-state index < -0.39 is 0 Å². The molecule has 1 aromatic heterocycles. The maximum absolute atomic E-state index is 5.71. The topological polar surface area (TPSA) is 55.9 Å². The highest BCUT2D eigenvalue weighted by Crippen LogP contribution is 2.09. The summed E-state index contributed by atoms with van der Waals surface area (Å²) in [5.74, 6) is 6.27. The second-order valence-electron chi connectivity index (χ2n) is 2.69. The average Bonchev–Trinajstić information content (AvgIpc) is 2.12. The number of aromatic nitrogens is 1. The highest BCUT2D eigenvalue weighted by atomic mass is 15.3. The van der Waals surface area contributed by atoms with Crippen LogP contribution < -0.4 is 16.3 Å². The van der Waals surface area contributed by atoms with Gasteiger partial charge in [-0.15, -0.1) is 4.68 Å². The first-order valence-corrected chi connectivity index (χ1v) is 3.73. The SMILES string of the molecule is Nc1ccc2ccccc2[n+]1N. The Labute approximate surface area is 70.2 Å². The molecule has 3 nitrogen and oxygen atoms in total. The monoisotopic (exact) mass is 160 g/mol. The summed E-state index contributed by atoms with van der Waals surface area (Å²) in [7, 11) is 0. The third kappa shape index (κ3) is 0.871. The van der Waals surface area contributed by atoms with Crippen LogP contribution in [0.3, 0.4) is 0 Å². The van der Waals surface area contributed by atoms with Gasteiger partial charge in [0.15, 0.2) is 5.52 Å². The molecule has 60 valence electrons. The molecule has 0 bridgehead atoms. The number of fused-ring (bicyclic) bond motifs is 1. The van der Waals surface area contributed by atoms with Gasteiger partial charge in [-0.05, 0) is 12.1 Å². The number of para-hydroxylation sites is 1. The van der Waals surface area contributed by atoms with E-state index in [1.807, 2.05) is 30.3 Å². The maximum Gasteiger partial charge on any atom is 0.296 e. The van der Waals surface area contributed by atoms with Gasteiger partial charge in [-0.1, -0.05) is 18.2 Å². The molecule has 0 fully saturated rings. The minimum Gasteiger partial charge on any atom is -0.285 e. The molecule has 0 saturated carbocycles. The van der Waals surface area contributed by atoms with Gasteiger partial charge in [0.25, 0.3) is 5.82 Å². The summed E-state index contributed by atoms with van der Waals surface area (Å²) in [5, 5.41) is 1.09. The van der Waals surface area contributed by atoms with Gasteiger partial charge in [-0.2, -0.15) is 0 Å². The predicted octanol–water partition coefficient (Wildman–Crippen LogP) is 0.423. The van der Waals surface area contributed by atoms with E-state index in [2.05, 4.69) is 0 Å². The van der Waals surface area contributed by atoms with E-state index >= 15 is 0 Å². The zero-order valence-electron chi connectivity index (χ0n) is 6.57. The zero-order valence-corrected chi connectivity index (χ0v) is 6.57. The zero-order chi connectivity index (χ0) is 8.55. The molecule has 0 aliphatic heterocycles. The van der Waals surface area contributed by atoms with E-state index in [-0.39, 0.29) is 0 Å². The van der Waals surface area contributed by atoms with Gasteiger partial charge in [0.1, 0.15) is 0 Å². The molecule has 0 amide bonds. The fourth-order valence-corrected chi connectivity index (χ4v) is 1.24. The summed E-state index contributed by atoms with van der Waals surface area (Å²) in [6.45, 7) is 0. The van der Waals surface area contributed by atoms with E-state index in [1.54, 1.807) is 6.07 Å². The number of nitrogen functional groups attached to an aromatic ring is 2. The molecule has 0 aliphatic carbocycles. The molecule has 4 N–H and O–H groups in total. The highest BCUT2D eigenvalue weighted by molar-refractivity contribution is 5.76. The van der Waals surface area contributed by atoms with Gasteiger partial charge >= 0.3 is 0 Å². The van der Waals surface area contributed by atoms with Crippen LogP contribution in [-0.2, 0) is 0 Å². The van der Waals surface area contributed by atoms with Crippen LogP contribution in [0, 0.1) is 0 Å². The number of benzene rings is 1. The molecule has 0 aliphatic rings. The lowest BCUT2D eigenvalue weighted by Gasteiger charge is -1.99. The summed E-state index contributed by atoms with van der Waals surface area (Å²) in [5.41, 5.74) is 6.57. The first kappa shape index (κ1) is 6.91. The molecule has 0 atom stereocenters. The van der Waals surface area contributed by atoms with Crippen LogP contribution in [0.2, 0.25) is 0 Å². The highest BCUT2D eigenvalue weighted by Gasteiger charge is 2.04. The molecule has 2 rings (SSSR count). The van der Waals surface area contributed by atoms with Crippen molar-refractivity contribution in [2.24, 2.45) is 0 Å². The molecular formula is C9H10N3+. The van der Waals surface area contributed by atoms with E-state index in [9.17, 15) is 0 Å². The third-order valence-corrected chi connectivity index (χ3v) is 1.91. The van der Waals surface area contributed by atoms with Crippen LogP contribution in [-0.4, -0.2) is 0 Å². The molecule has 12 heavy (non-hydrogen) atoms. The molecule has 3 heteroatoms. The van der Waals surface area contributed by atoms with Crippen LogP contribution in [0.25, 0.3) is 10.9 Å². The second kappa shape index (κ2) is 2.37. The van der Waals surface area contributed by atoms with Crippen molar-refractivity contribution >= 4 is 16.7 Å². The van der Waals surface area contributed by atoms with Gasteiger partial charge in [-0.3, -0.25) is 11.6 Å². The fraction of sp³-hybridized carbons (Fsp3) is 0. The molecule has 0 spiro atoms. The van der Waals surface area contributed by atoms with Crippen LogP contribution >= 0.6 is 0 Å². The number of pyridine rings is 1. The standard InChI is InChI=1S/C9H9N3/c10-9-6-5-7-3-1-2-4-8(7)12(9)11/h1-6,10H,11H2/p+1. The first-order valence-electron chi connectivity index (χ1n) is 3.73. The molecule has 2 aromatic rings. The van der Waals surface area contributed by atoms with Gasteiger partial charge in [0, 0.05) is 11.5 Å². The number of nitrogens with zero attached hydrogens (tertiary/aromatic N) is 1. The van der Waals surface area contributed by atoms with E-state index in [0.29, 0.717) is 5.82 Å². The van der Waals surface area contributed by atoms with Crippen molar-refractivity contribution in [3.8, 4) is 0 Å². The van der Waals surface area contributed by atoms with Crippen LogP contribution in [0.4, 0.5) is 5.82 Å². The maximum atomic E-state index is 5.71. The lowest BCUT2D eigenvalue weighted by atomic mass is 10.2. The van der Waals surface area contributed by atoms with Crippen molar-refractivity contribution in [2.45, 2.75) is 0 Å². The summed E-state index contributed by atoms with van der Waals surface area (Å²) in [6.07, 6.45) is 0. The Kier molecular flexibility index (Phi) is 1.37. The fourth-order valence-electron chi connectivity index (χ4n) is 1.24. The van der Waals surface area contributed by atoms with Crippen molar-refractivity contribution in [1.82, 2.24) is 0 Å². The largest absolute Gasteiger partial charge is 0.296 e. The van der Waals surface area contributed by atoms with Crippen molar-refractivity contribution in [3.05, 3.63) is 36.4 Å². The van der Waals surface area contributed by atoms with E-state index in [1.165, 1.54) is 4.68 Å². The van der Waals surface area contributed by atoms with Crippen molar-refractivity contribution in [3.63, 3.8) is 0 Å². The molecule has 1 heterocycles. The minimum absolute atomic E-state index is 0.564. The molecule has 1 aromatic carbocycles. The molecular weight excluding hydrogens is 150 g/mol. The Bertz CT molecular complexity index is 423. The first-order chi connectivity index (χ1) is 5.79. The average molecular weight is 160 g/mol. The van der Waals surface area contributed by atoms with Gasteiger partial charge in [0.2, 0.25) is 0 Å². The quantitative estimate of drug-likeness (QED) is 0.433. The van der Waals surface area contributed by atoms with Crippen molar-refractivity contribution in [2.75, 3.05) is 11.6 Å². The van der Waals surface area contributed by atoms with Crippen LogP contribution in [0.5, 0.6) is 0 Å². The second-order valence-corrected chi connectivity index (χ2v) is 2.69. The Balaban J connectivity index is 2.91. The molecule has 0 saturated heterocycles. The summed E-state index contributed by atoms with van der Waals surface area (Å²) in [6, 6.07) is 11.6. The van der Waals surface area contributed by atoms with Gasteiger partial charge in [0.05, 0.1) is 0 Å². The lowest BCUT2D eigenvalue weighted by molar-refractivity contribution is -0.595. The smallest absolute Gasteiger partial charge is 0.285 e. The molecule has 0 unspecified atom stereocenters. The van der Waals surface area contributed by atoms with Crippen molar-refractivity contribution < 1.29 is 4.68 Å². The van der Waals surface area contributed by atoms with Gasteiger partial charge in [-0.25, -0.2) is 0 Å². The summed E-state index contributed by atoms with van der Waals surface area (Å²) < 4.78 is 1.48. The lowest BCUT2D eigenvalue weighted by Crippen LogP contribution is -2.47. The Morgan fingerprint density at radius 2 is 1.75 bits per heavy atom. The van der Waals surface area contributed by atoms with Gasteiger partial charge < -0.3 is 0 Å². The van der Waals surface area contributed by atoms with E-state index in [0.717, 1.165) is 10.9 Å². The van der Waals surface area contributed by atoms with Crippen molar-refractivity contribution in [1.29, 1.82) is 0 Å². The summed E-state index contributed by atoms with van der Waals surface area (Å²) >= 11 is 0. The normalized spacial score (nSPS) is 10.3. The predicted molar refractivity (Wildman–Crippen MR) is 48.7 cm³/mol. The number of nitrogens with two attached hydrogens (primary N) is 2. The van der Waals surface area contributed by atoms with Crippen LogP contribution in [0.15, 0.2) is 36.4 Å². The summed E-state index contributed by atoms with van der Waals surface area (Å²) in [4.78, 5) is 0. The number of rotatable bonds is 0. The number of hydrogen-bond acceptors (Lipinski definition) is 2. The Hall–Kier alpha value is -1.77. The van der Waals surface area contributed by atoms with Crippen LogP contribution in [0.1, 0.15) is 0 Å². The molecule has 0 radical (unpaired) electrons. The number of hydrogen-bond donors (Lipinski definition) is 2. The minimum atomic E-state index is 0.564. The number of anilines is 1. The Morgan fingerprint density at radius 1 is 1.00 bits per heavy atom. The van der Waals surface area contributed by atoms with E-state index in [4.69, 9.17) is 11.6 Å². The third-order valence-electron chi connectivity index (χ3n) is 1.91.